The first kappa shape index (κ1) is 12.5. The predicted octanol–water partition coefficient (Wildman–Crippen LogP) is 3.15. The minimum Gasteiger partial charge on any atom is -0.463 e. The Kier molecular flexibility index (Phi) is 6.65. The van der Waals surface area contributed by atoms with E-state index in [2.05, 4.69) is 13.8 Å². The lowest BCUT2D eigenvalue weighted by Crippen LogP contribution is -2.13. The van der Waals surface area contributed by atoms with Gasteiger partial charge in [0, 0.05) is 6.42 Å². The van der Waals surface area contributed by atoms with Crippen molar-refractivity contribution < 1.29 is 9.53 Å². The number of carbonyl (C=O) groups is 1. The maximum atomic E-state index is 10.9. The molecule has 0 saturated carbocycles. The van der Waals surface area contributed by atoms with Gasteiger partial charge in [0.1, 0.15) is 0 Å². The van der Waals surface area contributed by atoms with Crippen LogP contribution in [0.2, 0.25) is 0 Å². The molecule has 0 aliphatic rings. The van der Waals surface area contributed by atoms with Gasteiger partial charge in [0.15, 0.2) is 0 Å². The molecule has 0 aliphatic heterocycles. The molecule has 78 valence electrons. The van der Waals surface area contributed by atoms with Gasteiger partial charge in [-0.3, -0.25) is 4.79 Å². The van der Waals surface area contributed by atoms with Gasteiger partial charge in [-0.05, 0) is 25.7 Å². The molecular weight excluding hydrogens is 164 g/mol. The van der Waals surface area contributed by atoms with Crippen LogP contribution in [0.15, 0.2) is 0 Å². The SMILES string of the molecule is CCC(=O)O[C@@H](C)CCCC(C)C. The van der Waals surface area contributed by atoms with Crippen LogP contribution in [0.1, 0.15) is 53.4 Å². The molecule has 0 bridgehead atoms. The molecule has 2 heteroatoms. The van der Waals surface area contributed by atoms with Crippen LogP contribution in [0.3, 0.4) is 0 Å². The minimum absolute atomic E-state index is 0.0861. The number of hydrogen-bond donors (Lipinski definition) is 0. The Morgan fingerprint density at radius 3 is 2.31 bits per heavy atom. The lowest BCUT2D eigenvalue weighted by atomic mass is 10.0. The monoisotopic (exact) mass is 186 g/mol. The van der Waals surface area contributed by atoms with Crippen LogP contribution < -0.4 is 0 Å². The normalized spacial score (nSPS) is 13.0. The number of esters is 1. The molecule has 13 heavy (non-hydrogen) atoms. The van der Waals surface area contributed by atoms with E-state index in [9.17, 15) is 4.79 Å². The Morgan fingerprint density at radius 1 is 1.23 bits per heavy atom. The quantitative estimate of drug-likeness (QED) is 0.596. The number of carbonyl (C=O) groups excluding carboxylic acids is 1. The molecule has 0 spiro atoms. The summed E-state index contributed by atoms with van der Waals surface area (Å²) < 4.78 is 5.14. The summed E-state index contributed by atoms with van der Waals surface area (Å²) in [5.41, 5.74) is 0. The summed E-state index contributed by atoms with van der Waals surface area (Å²) in [6.45, 7) is 8.21. The number of ether oxygens (including phenoxy) is 1. The van der Waals surface area contributed by atoms with E-state index in [4.69, 9.17) is 4.74 Å². The van der Waals surface area contributed by atoms with Crippen molar-refractivity contribution in [3.8, 4) is 0 Å². The van der Waals surface area contributed by atoms with Crippen LogP contribution in [0.25, 0.3) is 0 Å². The summed E-state index contributed by atoms with van der Waals surface area (Å²) in [6, 6.07) is 0. The van der Waals surface area contributed by atoms with Gasteiger partial charge in [-0.25, -0.2) is 0 Å². The fraction of sp³-hybridized carbons (Fsp3) is 0.909. The maximum Gasteiger partial charge on any atom is 0.305 e. The van der Waals surface area contributed by atoms with Gasteiger partial charge in [0.25, 0.3) is 0 Å². The lowest BCUT2D eigenvalue weighted by molar-refractivity contribution is -0.148. The van der Waals surface area contributed by atoms with Gasteiger partial charge in [-0.1, -0.05) is 27.2 Å². The zero-order valence-electron chi connectivity index (χ0n) is 9.30. The molecule has 0 N–H and O–H groups in total. The molecule has 0 aromatic heterocycles. The standard InChI is InChI=1S/C11H22O2/c1-5-11(12)13-10(4)8-6-7-9(2)3/h9-10H,5-8H2,1-4H3/t10-/m0/s1. The van der Waals surface area contributed by atoms with E-state index < -0.39 is 0 Å². The zero-order valence-corrected chi connectivity index (χ0v) is 9.30. The van der Waals surface area contributed by atoms with E-state index in [0.29, 0.717) is 6.42 Å². The second-order valence-corrected chi connectivity index (χ2v) is 3.98. The highest BCUT2D eigenvalue weighted by Gasteiger charge is 2.07. The summed E-state index contributed by atoms with van der Waals surface area (Å²) in [5.74, 6) is 0.658. The van der Waals surface area contributed by atoms with Crippen LogP contribution >= 0.6 is 0 Å². The van der Waals surface area contributed by atoms with Crippen LogP contribution in [-0.4, -0.2) is 12.1 Å². The van der Waals surface area contributed by atoms with E-state index in [-0.39, 0.29) is 12.1 Å². The Morgan fingerprint density at radius 2 is 1.85 bits per heavy atom. The first-order chi connectivity index (χ1) is 6.06. The van der Waals surface area contributed by atoms with E-state index in [0.717, 1.165) is 18.8 Å². The van der Waals surface area contributed by atoms with Gasteiger partial charge in [0.05, 0.1) is 6.10 Å². The van der Waals surface area contributed by atoms with Crippen LogP contribution in [-0.2, 0) is 9.53 Å². The average molecular weight is 186 g/mol. The third kappa shape index (κ3) is 7.82. The van der Waals surface area contributed by atoms with Crippen molar-refractivity contribution in [2.75, 3.05) is 0 Å². The highest BCUT2D eigenvalue weighted by atomic mass is 16.5. The highest BCUT2D eigenvalue weighted by Crippen LogP contribution is 2.10. The second-order valence-electron chi connectivity index (χ2n) is 3.98. The summed E-state index contributed by atoms with van der Waals surface area (Å²) in [5, 5.41) is 0. The van der Waals surface area contributed by atoms with Crippen LogP contribution in [0.5, 0.6) is 0 Å². The molecule has 0 fully saturated rings. The van der Waals surface area contributed by atoms with Crippen LogP contribution in [0, 0.1) is 5.92 Å². The second kappa shape index (κ2) is 6.93. The fourth-order valence-electron chi connectivity index (χ4n) is 1.18. The maximum absolute atomic E-state index is 10.9. The van der Waals surface area contributed by atoms with Crippen molar-refractivity contribution in [1.82, 2.24) is 0 Å². The molecular formula is C11H22O2. The molecule has 0 aromatic carbocycles. The van der Waals surface area contributed by atoms with Crippen molar-refractivity contribution >= 4 is 5.97 Å². The van der Waals surface area contributed by atoms with Crippen molar-refractivity contribution in [2.24, 2.45) is 5.92 Å². The summed E-state index contributed by atoms with van der Waals surface area (Å²) in [4.78, 5) is 10.9. The highest BCUT2D eigenvalue weighted by molar-refractivity contribution is 5.69. The molecule has 0 saturated heterocycles. The topological polar surface area (TPSA) is 26.3 Å². The molecule has 0 aliphatic carbocycles. The van der Waals surface area contributed by atoms with Crippen LogP contribution in [0.4, 0.5) is 0 Å². The van der Waals surface area contributed by atoms with Crippen molar-refractivity contribution in [3.63, 3.8) is 0 Å². The molecule has 0 unspecified atom stereocenters. The average Bonchev–Trinajstić information content (AvgIpc) is 2.03. The molecule has 0 rings (SSSR count). The molecule has 1 atom stereocenters. The van der Waals surface area contributed by atoms with Gasteiger partial charge >= 0.3 is 5.97 Å². The van der Waals surface area contributed by atoms with E-state index >= 15 is 0 Å². The molecule has 2 nitrogen and oxygen atoms in total. The first-order valence-electron chi connectivity index (χ1n) is 5.25. The summed E-state index contributed by atoms with van der Waals surface area (Å²) in [6.07, 6.45) is 3.92. The zero-order chi connectivity index (χ0) is 10.3. The van der Waals surface area contributed by atoms with E-state index in [1.54, 1.807) is 0 Å². The van der Waals surface area contributed by atoms with Gasteiger partial charge < -0.3 is 4.74 Å². The van der Waals surface area contributed by atoms with E-state index in [1.165, 1.54) is 6.42 Å². The summed E-state index contributed by atoms with van der Waals surface area (Å²) >= 11 is 0. The smallest absolute Gasteiger partial charge is 0.305 e. The molecule has 0 amide bonds. The third-order valence-electron chi connectivity index (χ3n) is 2.01. The summed E-state index contributed by atoms with van der Waals surface area (Å²) in [7, 11) is 0. The Labute approximate surface area is 81.7 Å². The molecule has 0 heterocycles. The van der Waals surface area contributed by atoms with Crippen molar-refractivity contribution in [2.45, 2.75) is 59.5 Å². The van der Waals surface area contributed by atoms with Gasteiger partial charge in [-0.2, -0.15) is 0 Å². The fourth-order valence-corrected chi connectivity index (χ4v) is 1.18. The van der Waals surface area contributed by atoms with Crippen molar-refractivity contribution in [1.29, 1.82) is 0 Å². The minimum atomic E-state index is -0.0861. The van der Waals surface area contributed by atoms with Gasteiger partial charge in [-0.15, -0.1) is 0 Å². The number of rotatable bonds is 6. The number of hydrogen-bond acceptors (Lipinski definition) is 2. The Hall–Kier alpha value is -0.530. The first-order valence-corrected chi connectivity index (χ1v) is 5.25. The molecule has 0 radical (unpaired) electrons. The van der Waals surface area contributed by atoms with Gasteiger partial charge in [0.2, 0.25) is 0 Å². The van der Waals surface area contributed by atoms with Crippen molar-refractivity contribution in [3.05, 3.63) is 0 Å². The predicted molar refractivity (Wildman–Crippen MR) is 54.5 cm³/mol. The molecule has 0 aromatic rings. The Balaban J connectivity index is 3.40. The lowest BCUT2D eigenvalue weighted by Gasteiger charge is -2.12. The Bertz CT molecular complexity index is 141. The third-order valence-corrected chi connectivity index (χ3v) is 2.01. The largest absolute Gasteiger partial charge is 0.463 e. The van der Waals surface area contributed by atoms with E-state index in [1.807, 2.05) is 13.8 Å².